The summed E-state index contributed by atoms with van der Waals surface area (Å²) in [5.41, 5.74) is 4.04. The Morgan fingerprint density at radius 1 is 0.900 bits per heavy atom. The molecule has 10 heteroatoms. The van der Waals surface area contributed by atoms with Crippen LogP contribution in [0.4, 0.5) is 0 Å². The molecule has 2 fully saturated rings. The molecule has 0 bridgehead atoms. The van der Waals surface area contributed by atoms with Gasteiger partial charge in [0.2, 0.25) is 0 Å². The van der Waals surface area contributed by atoms with Crippen LogP contribution in [0.2, 0.25) is 0 Å². The van der Waals surface area contributed by atoms with Crippen LogP contribution in [0.5, 0.6) is 17.2 Å². The van der Waals surface area contributed by atoms with E-state index in [1.807, 2.05) is 107 Å². The first-order valence-corrected chi connectivity index (χ1v) is 17.2. The summed E-state index contributed by atoms with van der Waals surface area (Å²) in [6.07, 6.45) is 6.74. The van der Waals surface area contributed by atoms with Crippen LogP contribution in [-0.2, 0) is 59.9 Å². The number of hydrogen-bond donors (Lipinski definition) is 2. The Hall–Kier alpha value is -3.50. The molecule has 1 aliphatic heterocycles. The Balaban J connectivity index is 0.000000887. The van der Waals surface area contributed by atoms with Gasteiger partial charge in [-0.05, 0) is 72.7 Å². The van der Waals surface area contributed by atoms with Gasteiger partial charge >= 0.3 is 0 Å². The fourth-order valence-electron chi connectivity index (χ4n) is 5.62. The van der Waals surface area contributed by atoms with Crippen LogP contribution < -0.4 is 15.0 Å². The zero-order chi connectivity index (χ0) is 35.6. The van der Waals surface area contributed by atoms with E-state index < -0.39 is 5.41 Å². The molecule has 1 saturated heterocycles. The van der Waals surface area contributed by atoms with Gasteiger partial charge in [0, 0.05) is 57.1 Å². The number of nitrogens with one attached hydrogen (secondary N) is 1. The van der Waals surface area contributed by atoms with Crippen molar-refractivity contribution in [3.63, 3.8) is 0 Å². The Morgan fingerprint density at radius 3 is 2.04 bits per heavy atom. The van der Waals surface area contributed by atoms with Crippen LogP contribution in [0.3, 0.4) is 0 Å². The first-order chi connectivity index (χ1) is 23.9. The zero-order valence-electron chi connectivity index (χ0n) is 29.9. The summed E-state index contributed by atoms with van der Waals surface area (Å²) in [6.45, 7) is 12.6. The van der Waals surface area contributed by atoms with Crippen LogP contribution in [0.1, 0.15) is 70.1 Å². The van der Waals surface area contributed by atoms with Crippen LogP contribution in [0, 0.1) is 18.3 Å². The summed E-state index contributed by atoms with van der Waals surface area (Å²) in [5.74, 6) is 2.80. The maximum absolute atomic E-state index is 13.2. The van der Waals surface area contributed by atoms with Gasteiger partial charge in [0.15, 0.2) is 11.6 Å². The summed E-state index contributed by atoms with van der Waals surface area (Å²) in [4.78, 5) is 39.4. The number of ether oxygens (including phenoxy) is 2. The van der Waals surface area contributed by atoms with Crippen molar-refractivity contribution < 1.29 is 61.8 Å². The molecule has 265 valence electrons. The third-order valence-electron chi connectivity index (χ3n) is 8.45. The van der Waals surface area contributed by atoms with Gasteiger partial charge in [-0.25, -0.2) is 0 Å². The molecule has 4 aromatic rings. The molecule has 1 aromatic heterocycles. The first-order valence-electron chi connectivity index (χ1n) is 17.2. The van der Waals surface area contributed by atoms with Gasteiger partial charge in [-0.2, -0.15) is 0 Å². The predicted molar refractivity (Wildman–Crippen MR) is 193 cm³/mol. The molecule has 50 heavy (non-hydrogen) atoms. The number of hydroxylamine groups is 1. The minimum atomic E-state index is -0.814. The standard InChI is InChI=1S/C35H35N2O4.2C2H6.CH2NO2.Y/c1-24-19-30-29(22-32(24)40-23-27-11-16-36-17-12-27)31(13-18-37-30)41-28-9-7-26(8-10-28)21-34(39)35(14-15-35)33(38)20-25-5-3-2-4-6-25;2*1-2;3-1-2-4;/h2-10,13,18-19,22,27H,11-12,14-17,20-21,23H2,1H3;2*1-2H3;4H,(H,2,3);/q-1;;;-1;. The SMILES string of the molecule is CC.CC.Cc1cc2nccc(Oc3ccc(CC(=O)C4(C(=O)Cc5ccccc5)CC4)cc3)c2cc1OCC1CC[N-]CC1.O=[C-]NO.[Y]. The van der Waals surface area contributed by atoms with Gasteiger partial charge in [-0.3, -0.25) is 14.6 Å². The van der Waals surface area contributed by atoms with E-state index in [1.54, 1.807) is 6.20 Å². The van der Waals surface area contributed by atoms with E-state index in [4.69, 9.17) is 19.5 Å². The van der Waals surface area contributed by atoms with Gasteiger partial charge in [0.05, 0.1) is 17.5 Å². The van der Waals surface area contributed by atoms with E-state index in [2.05, 4.69) is 10.3 Å². The smallest absolute Gasteiger partial charge is 0.150 e. The topological polar surface area (TPSA) is 129 Å². The Morgan fingerprint density at radius 2 is 1.48 bits per heavy atom. The molecule has 2 N–H and O–H groups in total. The Labute approximate surface area is 321 Å². The van der Waals surface area contributed by atoms with E-state index in [-0.39, 0.29) is 50.7 Å². The third-order valence-corrected chi connectivity index (χ3v) is 8.45. The van der Waals surface area contributed by atoms with Crippen molar-refractivity contribution in [2.75, 3.05) is 19.7 Å². The Kier molecular flexibility index (Phi) is 19.1. The molecule has 6 rings (SSSR count). The molecule has 1 saturated carbocycles. The van der Waals surface area contributed by atoms with Crippen LogP contribution >= 0.6 is 0 Å². The third kappa shape index (κ3) is 12.1. The van der Waals surface area contributed by atoms with Gasteiger partial charge in [0.25, 0.3) is 0 Å². The molecular weight excluding hydrogens is 707 g/mol. The minimum Gasteiger partial charge on any atom is -0.662 e. The second-order valence-corrected chi connectivity index (χ2v) is 11.6. The summed E-state index contributed by atoms with van der Waals surface area (Å²) in [6, 6.07) is 23.1. The number of Topliss-reactive ketones (excluding diaryl/α,β-unsaturated/α-hetero) is 2. The second kappa shape index (κ2) is 22.3. The van der Waals surface area contributed by atoms with Gasteiger partial charge in [0.1, 0.15) is 17.2 Å². The van der Waals surface area contributed by atoms with E-state index in [0.29, 0.717) is 43.3 Å². The minimum absolute atomic E-state index is 0. The maximum atomic E-state index is 13.2. The Bertz CT molecular complexity index is 1620. The van der Waals surface area contributed by atoms with Crippen LogP contribution in [0.15, 0.2) is 79.0 Å². The number of aryl methyl sites for hydroxylation is 1. The van der Waals surface area contributed by atoms with Crippen LogP contribution in [0.25, 0.3) is 16.2 Å². The van der Waals surface area contributed by atoms with Crippen molar-refractivity contribution >= 4 is 28.9 Å². The molecule has 1 amide bonds. The molecular formula is C40H49N3O6Y-2. The van der Waals surface area contributed by atoms with Gasteiger partial charge < -0.3 is 30.3 Å². The van der Waals surface area contributed by atoms with Gasteiger partial charge in [-0.15, -0.1) is 19.5 Å². The van der Waals surface area contributed by atoms with E-state index in [1.165, 1.54) is 0 Å². The number of hydrogen-bond acceptors (Lipinski definition) is 7. The predicted octanol–water partition coefficient (Wildman–Crippen LogP) is 8.28. The molecule has 2 heterocycles. The number of rotatable bonds is 12. The summed E-state index contributed by atoms with van der Waals surface area (Å²) < 4.78 is 12.5. The van der Waals surface area contributed by atoms with Crippen molar-refractivity contribution in [2.45, 2.75) is 73.1 Å². The van der Waals surface area contributed by atoms with Crippen molar-refractivity contribution in [2.24, 2.45) is 11.3 Å². The quantitative estimate of drug-likeness (QED) is 0.0490. The molecule has 9 nitrogen and oxygen atoms in total. The van der Waals surface area contributed by atoms with Crippen molar-refractivity contribution in [1.82, 2.24) is 10.5 Å². The van der Waals surface area contributed by atoms with E-state index in [0.717, 1.165) is 71.2 Å². The number of carbonyl (C=O) groups is 2. The fourth-order valence-corrected chi connectivity index (χ4v) is 5.62. The fraction of sp³-hybridized carbons (Fsp3) is 0.400. The number of carbonyl (C=O) groups excluding carboxylic acids is 3. The van der Waals surface area contributed by atoms with E-state index in [9.17, 15) is 9.59 Å². The molecule has 2 aliphatic rings. The average Bonchev–Trinajstić information content (AvgIpc) is 3.97. The number of aromatic nitrogens is 1. The maximum Gasteiger partial charge on any atom is 0.150 e. The number of nitrogens with zero attached hydrogens (tertiary/aromatic N) is 2. The summed E-state index contributed by atoms with van der Waals surface area (Å²) >= 11 is 0. The molecule has 1 radical (unpaired) electrons. The molecule has 0 atom stereocenters. The number of amides is 1. The number of benzene rings is 3. The number of fused-ring (bicyclic) bond motifs is 1. The van der Waals surface area contributed by atoms with Gasteiger partial charge in [-0.1, -0.05) is 83.0 Å². The number of pyridine rings is 1. The first kappa shape index (κ1) is 42.7. The second-order valence-electron chi connectivity index (χ2n) is 11.6. The summed E-state index contributed by atoms with van der Waals surface area (Å²) in [7, 11) is 0. The van der Waals surface area contributed by atoms with Crippen LogP contribution in [-0.4, -0.2) is 47.9 Å². The normalized spacial score (nSPS) is 14.0. The van der Waals surface area contributed by atoms with E-state index >= 15 is 0 Å². The van der Waals surface area contributed by atoms with Crippen molar-refractivity contribution in [3.8, 4) is 17.2 Å². The number of piperidine rings is 1. The van der Waals surface area contributed by atoms with Crippen molar-refractivity contribution in [1.29, 1.82) is 0 Å². The zero-order valence-corrected chi connectivity index (χ0v) is 32.7. The molecule has 0 spiro atoms. The molecule has 1 aliphatic carbocycles. The summed E-state index contributed by atoms with van der Waals surface area (Å²) in [5, 5.41) is 12.5. The molecule has 0 unspecified atom stereocenters. The van der Waals surface area contributed by atoms with Crippen molar-refractivity contribution in [3.05, 3.63) is 101 Å². The number of ketones is 2. The average molecular weight is 757 g/mol. The molecule has 3 aromatic carbocycles. The monoisotopic (exact) mass is 756 g/mol. The largest absolute Gasteiger partial charge is 0.662 e.